The molecule has 2 aromatic rings. The first-order chi connectivity index (χ1) is 9.94. The number of nitrogen functional groups attached to an aromatic ring is 1. The van der Waals surface area contributed by atoms with Gasteiger partial charge in [0.1, 0.15) is 5.82 Å². The first kappa shape index (κ1) is 14.0. The van der Waals surface area contributed by atoms with Gasteiger partial charge in [-0.3, -0.25) is 4.79 Å². The molecule has 0 bridgehead atoms. The van der Waals surface area contributed by atoms with Crippen LogP contribution in [0.3, 0.4) is 0 Å². The summed E-state index contributed by atoms with van der Waals surface area (Å²) in [6.07, 6.45) is 0.303. The molecule has 0 aromatic heterocycles. The lowest BCUT2D eigenvalue weighted by Crippen LogP contribution is -2.03. The molecule has 1 aliphatic heterocycles. The SMILES string of the molecule is Nc1cc2c(cc1Nc1c(Cl)cc(F)cc1Cl)NC(=O)C2. The van der Waals surface area contributed by atoms with E-state index in [0.717, 1.165) is 17.7 Å². The number of rotatable bonds is 2. The monoisotopic (exact) mass is 325 g/mol. The molecule has 0 atom stereocenters. The third-order valence-electron chi connectivity index (χ3n) is 3.17. The van der Waals surface area contributed by atoms with Crippen LogP contribution in [-0.2, 0) is 11.2 Å². The number of hydrogen-bond acceptors (Lipinski definition) is 3. The van der Waals surface area contributed by atoms with Crippen molar-refractivity contribution < 1.29 is 9.18 Å². The van der Waals surface area contributed by atoms with Gasteiger partial charge in [0.15, 0.2) is 0 Å². The highest BCUT2D eigenvalue weighted by Gasteiger charge is 2.20. The van der Waals surface area contributed by atoms with Gasteiger partial charge in [0.25, 0.3) is 0 Å². The summed E-state index contributed by atoms with van der Waals surface area (Å²) in [4.78, 5) is 11.4. The molecule has 0 saturated heterocycles. The lowest BCUT2D eigenvalue weighted by atomic mass is 10.1. The molecule has 1 amide bonds. The maximum atomic E-state index is 13.2. The Morgan fingerprint density at radius 3 is 2.52 bits per heavy atom. The molecule has 7 heteroatoms. The number of benzene rings is 2. The van der Waals surface area contributed by atoms with E-state index in [4.69, 9.17) is 28.9 Å². The van der Waals surface area contributed by atoms with Crippen molar-refractivity contribution in [1.29, 1.82) is 0 Å². The van der Waals surface area contributed by atoms with E-state index in [9.17, 15) is 9.18 Å². The highest BCUT2D eigenvalue weighted by atomic mass is 35.5. The molecule has 108 valence electrons. The van der Waals surface area contributed by atoms with Crippen molar-refractivity contribution in [3.8, 4) is 0 Å². The molecule has 2 aromatic carbocycles. The molecule has 4 nitrogen and oxygen atoms in total. The van der Waals surface area contributed by atoms with Crippen molar-refractivity contribution in [2.45, 2.75) is 6.42 Å². The van der Waals surface area contributed by atoms with Crippen molar-refractivity contribution in [1.82, 2.24) is 0 Å². The van der Waals surface area contributed by atoms with Crippen LogP contribution >= 0.6 is 23.2 Å². The summed E-state index contributed by atoms with van der Waals surface area (Å²) < 4.78 is 13.2. The number of anilines is 4. The van der Waals surface area contributed by atoms with E-state index in [1.54, 1.807) is 12.1 Å². The summed E-state index contributed by atoms with van der Waals surface area (Å²) in [7, 11) is 0. The summed E-state index contributed by atoms with van der Waals surface area (Å²) in [5.74, 6) is -0.607. The highest BCUT2D eigenvalue weighted by Crippen LogP contribution is 2.38. The Kier molecular flexibility index (Phi) is 3.39. The second-order valence-corrected chi connectivity index (χ2v) is 5.51. The molecule has 1 aliphatic rings. The molecule has 0 aliphatic carbocycles. The van der Waals surface area contributed by atoms with E-state index in [1.165, 1.54) is 0 Å². The van der Waals surface area contributed by atoms with Gasteiger partial charge in [-0.15, -0.1) is 0 Å². The fraction of sp³-hybridized carbons (Fsp3) is 0.0714. The van der Waals surface area contributed by atoms with Gasteiger partial charge in [-0.25, -0.2) is 4.39 Å². The minimum absolute atomic E-state index is 0.0839. The van der Waals surface area contributed by atoms with E-state index >= 15 is 0 Å². The van der Waals surface area contributed by atoms with Crippen LogP contribution in [0.5, 0.6) is 0 Å². The first-order valence-electron chi connectivity index (χ1n) is 6.08. The number of carbonyl (C=O) groups excluding carboxylic acids is 1. The number of halogens is 3. The summed E-state index contributed by atoms with van der Waals surface area (Å²) >= 11 is 12.0. The van der Waals surface area contributed by atoms with Gasteiger partial charge in [0.05, 0.1) is 33.5 Å². The Labute approximate surface area is 130 Å². The van der Waals surface area contributed by atoms with Crippen LogP contribution in [0.2, 0.25) is 10.0 Å². The molecule has 0 spiro atoms. The number of nitrogens with one attached hydrogen (secondary N) is 2. The summed E-state index contributed by atoms with van der Waals surface area (Å²) in [6, 6.07) is 5.72. The Bertz CT molecular complexity index is 741. The summed E-state index contributed by atoms with van der Waals surface area (Å²) in [5, 5.41) is 5.99. The quantitative estimate of drug-likeness (QED) is 0.732. The molecular formula is C14H10Cl2FN3O. The number of hydrogen-bond donors (Lipinski definition) is 3. The fourth-order valence-corrected chi connectivity index (χ4v) is 2.75. The third-order valence-corrected chi connectivity index (χ3v) is 3.76. The van der Waals surface area contributed by atoms with Gasteiger partial charge in [0, 0.05) is 5.69 Å². The predicted octanol–water partition coefficient (Wildman–Crippen LogP) is 3.95. The number of fused-ring (bicyclic) bond motifs is 1. The van der Waals surface area contributed by atoms with Gasteiger partial charge in [-0.2, -0.15) is 0 Å². The standard InChI is InChI=1S/C14H10Cl2FN3O/c15-8-3-7(17)4-9(16)14(8)20-12-5-11-6(1-10(12)18)2-13(21)19-11/h1,3-5,20H,2,18H2,(H,19,21). The van der Waals surface area contributed by atoms with Crippen LogP contribution in [0.1, 0.15) is 5.56 Å². The largest absolute Gasteiger partial charge is 0.397 e. The maximum absolute atomic E-state index is 13.2. The van der Waals surface area contributed by atoms with Crippen LogP contribution in [0.15, 0.2) is 24.3 Å². The minimum atomic E-state index is -0.523. The topological polar surface area (TPSA) is 67.2 Å². The molecule has 3 rings (SSSR count). The molecule has 0 radical (unpaired) electrons. The van der Waals surface area contributed by atoms with Crippen LogP contribution in [0.4, 0.5) is 27.1 Å². The average Bonchev–Trinajstić information content (AvgIpc) is 2.72. The molecule has 1 heterocycles. The highest BCUT2D eigenvalue weighted by molar-refractivity contribution is 6.39. The Morgan fingerprint density at radius 2 is 1.86 bits per heavy atom. The van der Waals surface area contributed by atoms with E-state index in [-0.39, 0.29) is 16.0 Å². The van der Waals surface area contributed by atoms with Crippen LogP contribution < -0.4 is 16.4 Å². The van der Waals surface area contributed by atoms with Gasteiger partial charge in [-0.1, -0.05) is 23.2 Å². The normalized spacial score (nSPS) is 13.0. The van der Waals surface area contributed by atoms with Crippen molar-refractivity contribution in [2.24, 2.45) is 0 Å². The Balaban J connectivity index is 2.00. The van der Waals surface area contributed by atoms with E-state index in [2.05, 4.69) is 10.6 Å². The molecular weight excluding hydrogens is 316 g/mol. The number of carbonyl (C=O) groups is 1. The Morgan fingerprint density at radius 1 is 1.19 bits per heavy atom. The minimum Gasteiger partial charge on any atom is -0.397 e. The van der Waals surface area contributed by atoms with Gasteiger partial charge >= 0.3 is 0 Å². The predicted molar refractivity (Wildman–Crippen MR) is 82.9 cm³/mol. The van der Waals surface area contributed by atoms with E-state index in [0.29, 0.717) is 29.2 Å². The fourth-order valence-electron chi connectivity index (χ4n) is 2.20. The van der Waals surface area contributed by atoms with Gasteiger partial charge in [0.2, 0.25) is 5.91 Å². The van der Waals surface area contributed by atoms with Crippen LogP contribution in [0, 0.1) is 5.82 Å². The zero-order valence-electron chi connectivity index (χ0n) is 10.6. The van der Waals surface area contributed by atoms with E-state index < -0.39 is 5.82 Å². The van der Waals surface area contributed by atoms with Crippen molar-refractivity contribution in [3.05, 3.63) is 45.7 Å². The zero-order valence-corrected chi connectivity index (χ0v) is 12.1. The molecule has 4 N–H and O–H groups in total. The number of amides is 1. The lowest BCUT2D eigenvalue weighted by molar-refractivity contribution is -0.115. The average molecular weight is 326 g/mol. The zero-order chi connectivity index (χ0) is 15.1. The van der Waals surface area contributed by atoms with Crippen molar-refractivity contribution >= 4 is 51.9 Å². The molecule has 0 unspecified atom stereocenters. The van der Waals surface area contributed by atoms with Gasteiger partial charge in [-0.05, 0) is 29.8 Å². The van der Waals surface area contributed by atoms with Crippen molar-refractivity contribution in [2.75, 3.05) is 16.4 Å². The number of nitrogens with two attached hydrogens (primary N) is 1. The summed E-state index contributed by atoms with van der Waals surface area (Å²) in [6.45, 7) is 0. The maximum Gasteiger partial charge on any atom is 0.228 e. The second kappa shape index (κ2) is 5.09. The first-order valence-corrected chi connectivity index (χ1v) is 6.83. The van der Waals surface area contributed by atoms with Crippen molar-refractivity contribution in [3.63, 3.8) is 0 Å². The third kappa shape index (κ3) is 2.62. The van der Waals surface area contributed by atoms with Gasteiger partial charge < -0.3 is 16.4 Å². The smallest absolute Gasteiger partial charge is 0.228 e. The van der Waals surface area contributed by atoms with Crippen LogP contribution in [-0.4, -0.2) is 5.91 Å². The molecule has 0 saturated carbocycles. The molecule has 21 heavy (non-hydrogen) atoms. The molecule has 0 fully saturated rings. The lowest BCUT2D eigenvalue weighted by Gasteiger charge is -2.14. The van der Waals surface area contributed by atoms with E-state index in [1.807, 2.05) is 0 Å². The Hall–Kier alpha value is -1.98. The summed E-state index contributed by atoms with van der Waals surface area (Å²) in [5.41, 5.74) is 8.81. The second-order valence-electron chi connectivity index (χ2n) is 4.69. The van der Waals surface area contributed by atoms with Crippen LogP contribution in [0.25, 0.3) is 0 Å².